The van der Waals surface area contributed by atoms with Gasteiger partial charge >= 0.3 is 0 Å². The molecular formula is C10H19NO2S. The molecule has 1 saturated heterocycles. The van der Waals surface area contributed by atoms with E-state index in [-0.39, 0.29) is 17.1 Å². The molecule has 1 heterocycles. The summed E-state index contributed by atoms with van der Waals surface area (Å²) in [7, 11) is 0. The second-order valence-corrected chi connectivity index (χ2v) is 4.10. The van der Waals surface area contributed by atoms with Gasteiger partial charge in [0.1, 0.15) is 0 Å². The van der Waals surface area contributed by atoms with E-state index < -0.39 is 0 Å². The average molecular weight is 217 g/mol. The molecule has 1 rings (SSSR count). The van der Waals surface area contributed by atoms with Gasteiger partial charge in [0.2, 0.25) is 11.8 Å². The van der Waals surface area contributed by atoms with E-state index in [2.05, 4.69) is 0 Å². The number of hydrogen-bond acceptors (Lipinski definition) is 3. The molecule has 0 spiro atoms. The van der Waals surface area contributed by atoms with Crippen LogP contribution >= 0.6 is 11.8 Å². The van der Waals surface area contributed by atoms with Crippen LogP contribution < -0.4 is 0 Å². The standard InChI is InChI=1S/C8H13NO2S.C2H6/c1-3-9-7(10)5-6(8(9)11)12-4-2;1-2/h6H,3-5H2,1-2H3;1-2H3. The first-order valence-electron chi connectivity index (χ1n) is 5.16. The Morgan fingerprint density at radius 3 is 2.29 bits per heavy atom. The van der Waals surface area contributed by atoms with Crippen molar-refractivity contribution in [3.05, 3.63) is 0 Å². The van der Waals surface area contributed by atoms with Gasteiger partial charge in [-0.1, -0.05) is 20.8 Å². The Hall–Kier alpha value is -0.510. The van der Waals surface area contributed by atoms with Gasteiger partial charge < -0.3 is 0 Å². The van der Waals surface area contributed by atoms with Gasteiger partial charge in [0.15, 0.2) is 0 Å². The summed E-state index contributed by atoms with van der Waals surface area (Å²) in [6.07, 6.45) is 0.394. The number of carbonyl (C=O) groups is 2. The maximum Gasteiger partial charge on any atom is 0.242 e. The van der Waals surface area contributed by atoms with Gasteiger partial charge in [0, 0.05) is 13.0 Å². The topological polar surface area (TPSA) is 37.4 Å². The Bertz CT molecular complexity index is 206. The SMILES string of the molecule is CC.CCSC1CC(=O)N(CC)C1=O. The molecule has 14 heavy (non-hydrogen) atoms. The minimum absolute atomic E-state index is 0.00523. The number of nitrogens with zero attached hydrogens (tertiary/aromatic N) is 1. The zero-order valence-corrected chi connectivity index (χ0v) is 10.2. The molecular weight excluding hydrogens is 198 g/mol. The molecule has 1 aliphatic heterocycles. The van der Waals surface area contributed by atoms with Gasteiger partial charge in [-0.2, -0.15) is 0 Å². The Kier molecular flexibility index (Phi) is 6.62. The van der Waals surface area contributed by atoms with E-state index in [1.807, 2.05) is 27.7 Å². The summed E-state index contributed by atoms with van der Waals surface area (Å²) in [6.45, 7) is 8.34. The quantitative estimate of drug-likeness (QED) is 0.678. The third-order valence-electron chi connectivity index (χ3n) is 1.89. The second kappa shape index (κ2) is 6.87. The van der Waals surface area contributed by atoms with Crippen molar-refractivity contribution in [2.45, 2.75) is 39.4 Å². The first-order valence-corrected chi connectivity index (χ1v) is 6.21. The monoisotopic (exact) mass is 217 g/mol. The number of thioether (sulfide) groups is 1. The maximum absolute atomic E-state index is 11.4. The summed E-state index contributed by atoms with van der Waals surface area (Å²) in [5.74, 6) is 0.865. The maximum atomic E-state index is 11.4. The minimum Gasteiger partial charge on any atom is -0.282 e. The van der Waals surface area contributed by atoms with Crippen molar-refractivity contribution < 1.29 is 9.59 Å². The molecule has 1 atom stereocenters. The Balaban J connectivity index is 0.000000791. The highest BCUT2D eigenvalue weighted by Crippen LogP contribution is 2.24. The molecule has 82 valence electrons. The van der Waals surface area contributed by atoms with Crippen molar-refractivity contribution >= 4 is 23.6 Å². The molecule has 0 aromatic carbocycles. The predicted octanol–water partition coefficient (Wildman–Crippen LogP) is 1.91. The first-order chi connectivity index (χ1) is 6.70. The van der Waals surface area contributed by atoms with Crippen molar-refractivity contribution in [3.63, 3.8) is 0 Å². The third kappa shape index (κ3) is 3.01. The summed E-state index contributed by atoms with van der Waals surface area (Å²) in [5.41, 5.74) is 0. The number of carbonyl (C=O) groups excluding carboxylic acids is 2. The lowest BCUT2D eigenvalue weighted by atomic mass is 10.4. The molecule has 0 aromatic rings. The Morgan fingerprint density at radius 2 is 1.93 bits per heavy atom. The lowest BCUT2D eigenvalue weighted by Crippen LogP contribution is -2.30. The van der Waals surface area contributed by atoms with Crippen LogP contribution in [-0.2, 0) is 9.59 Å². The van der Waals surface area contributed by atoms with Crippen molar-refractivity contribution in [1.82, 2.24) is 4.90 Å². The zero-order chi connectivity index (χ0) is 11.1. The van der Waals surface area contributed by atoms with Crippen LogP contribution in [0.15, 0.2) is 0 Å². The minimum atomic E-state index is -0.109. The second-order valence-electron chi connectivity index (χ2n) is 2.62. The molecule has 2 amide bonds. The van der Waals surface area contributed by atoms with Gasteiger partial charge in [0.05, 0.1) is 5.25 Å². The number of hydrogen-bond donors (Lipinski definition) is 0. The molecule has 0 aliphatic carbocycles. The van der Waals surface area contributed by atoms with Gasteiger partial charge in [-0.3, -0.25) is 14.5 Å². The molecule has 1 aliphatic rings. The Morgan fingerprint density at radius 1 is 1.36 bits per heavy atom. The molecule has 1 fully saturated rings. The molecule has 0 radical (unpaired) electrons. The first kappa shape index (κ1) is 13.5. The molecule has 0 aromatic heterocycles. The highest BCUT2D eigenvalue weighted by atomic mass is 32.2. The van der Waals surface area contributed by atoms with Crippen LogP contribution in [-0.4, -0.2) is 34.3 Å². The van der Waals surface area contributed by atoms with E-state index in [1.165, 1.54) is 4.90 Å². The fourth-order valence-electron chi connectivity index (χ4n) is 1.32. The van der Waals surface area contributed by atoms with Crippen LogP contribution in [0, 0.1) is 0 Å². The molecule has 3 nitrogen and oxygen atoms in total. The van der Waals surface area contributed by atoms with Crippen LogP contribution in [0.5, 0.6) is 0 Å². The summed E-state index contributed by atoms with van der Waals surface area (Å²) in [5, 5.41) is -0.109. The van der Waals surface area contributed by atoms with Crippen LogP contribution in [0.25, 0.3) is 0 Å². The molecule has 0 bridgehead atoms. The van der Waals surface area contributed by atoms with Gasteiger partial charge in [-0.15, -0.1) is 11.8 Å². The van der Waals surface area contributed by atoms with Crippen LogP contribution in [0.4, 0.5) is 0 Å². The zero-order valence-electron chi connectivity index (χ0n) is 9.37. The van der Waals surface area contributed by atoms with Gasteiger partial charge in [0.25, 0.3) is 0 Å². The average Bonchev–Trinajstić information content (AvgIpc) is 2.46. The van der Waals surface area contributed by atoms with Crippen molar-refractivity contribution in [3.8, 4) is 0 Å². The largest absolute Gasteiger partial charge is 0.282 e. The van der Waals surface area contributed by atoms with Gasteiger partial charge in [-0.05, 0) is 12.7 Å². The highest BCUT2D eigenvalue weighted by Gasteiger charge is 2.37. The molecule has 0 N–H and O–H groups in total. The highest BCUT2D eigenvalue weighted by molar-refractivity contribution is 8.00. The van der Waals surface area contributed by atoms with E-state index in [0.717, 1.165) is 5.75 Å². The number of rotatable bonds is 3. The fraction of sp³-hybridized carbons (Fsp3) is 0.800. The Labute approximate surface area is 90.2 Å². The summed E-state index contributed by atoms with van der Waals surface area (Å²) < 4.78 is 0. The van der Waals surface area contributed by atoms with E-state index in [4.69, 9.17) is 0 Å². The fourth-order valence-corrected chi connectivity index (χ4v) is 2.25. The van der Waals surface area contributed by atoms with E-state index in [9.17, 15) is 9.59 Å². The predicted molar refractivity (Wildman–Crippen MR) is 60.3 cm³/mol. The van der Waals surface area contributed by atoms with E-state index in [1.54, 1.807) is 11.8 Å². The third-order valence-corrected chi connectivity index (χ3v) is 2.99. The summed E-state index contributed by atoms with van der Waals surface area (Å²) in [4.78, 5) is 24.0. The number of imide groups is 1. The van der Waals surface area contributed by atoms with Crippen LogP contribution in [0.2, 0.25) is 0 Å². The van der Waals surface area contributed by atoms with Gasteiger partial charge in [-0.25, -0.2) is 0 Å². The molecule has 0 saturated carbocycles. The number of likely N-dealkylation sites (tertiary alicyclic amines) is 1. The lowest BCUT2D eigenvalue weighted by Gasteiger charge is -2.10. The lowest BCUT2D eigenvalue weighted by molar-refractivity contribution is -0.137. The molecule has 1 unspecified atom stereocenters. The van der Waals surface area contributed by atoms with Crippen LogP contribution in [0.1, 0.15) is 34.1 Å². The van der Waals surface area contributed by atoms with Crippen LogP contribution in [0.3, 0.4) is 0 Å². The van der Waals surface area contributed by atoms with E-state index >= 15 is 0 Å². The summed E-state index contributed by atoms with van der Waals surface area (Å²) >= 11 is 1.56. The van der Waals surface area contributed by atoms with Crippen molar-refractivity contribution in [2.75, 3.05) is 12.3 Å². The summed E-state index contributed by atoms with van der Waals surface area (Å²) in [6, 6.07) is 0. The smallest absolute Gasteiger partial charge is 0.242 e. The van der Waals surface area contributed by atoms with E-state index in [0.29, 0.717) is 13.0 Å². The molecule has 4 heteroatoms. The number of amides is 2. The van der Waals surface area contributed by atoms with Crippen molar-refractivity contribution in [1.29, 1.82) is 0 Å². The normalized spacial score (nSPS) is 20.9. The van der Waals surface area contributed by atoms with Crippen molar-refractivity contribution in [2.24, 2.45) is 0 Å².